The molecular weight excluding hydrogens is 348 g/mol. The molecular formula is C20H24N2O5. The molecule has 0 spiro atoms. The van der Waals surface area contributed by atoms with Gasteiger partial charge in [-0.2, -0.15) is 0 Å². The molecule has 2 aromatic rings. The highest BCUT2D eigenvalue weighted by Crippen LogP contribution is 2.28. The Balaban J connectivity index is 1.83. The number of nitrogens with one attached hydrogen (secondary N) is 1. The second-order valence-electron chi connectivity index (χ2n) is 6.44. The van der Waals surface area contributed by atoms with Crippen LogP contribution in [0.3, 0.4) is 0 Å². The fourth-order valence-electron chi connectivity index (χ4n) is 3.16. The predicted molar refractivity (Wildman–Crippen MR) is 99.1 cm³/mol. The molecule has 7 nitrogen and oxygen atoms in total. The van der Waals surface area contributed by atoms with E-state index >= 15 is 0 Å². The molecule has 3 rings (SSSR count). The van der Waals surface area contributed by atoms with Gasteiger partial charge in [0.05, 0.1) is 19.8 Å². The van der Waals surface area contributed by atoms with Crippen molar-refractivity contribution >= 4 is 5.91 Å². The molecule has 7 heteroatoms. The van der Waals surface area contributed by atoms with Crippen molar-refractivity contribution in [3.63, 3.8) is 0 Å². The summed E-state index contributed by atoms with van der Waals surface area (Å²) in [4.78, 5) is 13.9. The van der Waals surface area contributed by atoms with Crippen molar-refractivity contribution in [3.05, 3.63) is 59.2 Å². The van der Waals surface area contributed by atoms with Crippen LogP contribution in [-0.4, -0.2) is 49.5 Å². The Morgan fingerprint density at radius 1 is 1.26 bits per heavy atom. The van der Waals surface area contributed by atoms with E-state index < -0.39 is 5.91 Å². The van der Waals surface area contributed by atoms with Crippen molar-refractivity contribution < 1.29 is 24.2 Å². The van der Waals surface area contributed by atoms with E-state index in [1.54, 1.807) is 31.8 Å². The van der Waals surface area contributed by atoms with Crippen LogP contribution < -0.4 is 15.0 Å². The molecule has 1 amide bonds. The number of ether oxygens (including phenoxy) is 3. The summed E-state index contributed by atoms with van der Waals surface area (Å²) in [5.74, 6) is 0.912. The van der Waals surface area contributed by atoms with Crippen LogP contribution in [0.15, 0.2) is 42.5 Å². The summed E-state index contributed by atoms with van der Waals surface area (Å²) in [6, 6.07) is 13.2. The lowest BCUT2D eigenvalue weighted by molar-refractivity contribution is 0.0594. The molecule has 0 aromatic heterocycles. The van der Waals surface area contributed by atoms with Crippen LogP contribution in [0.5, 0.6) is 11.5 Å². The quantitative estimate of drug-likeness (QED) is 0.598. The van der Waals surface area contributed by atoms with Gasteiger partial charge in [0.1, 0.15) is 18.1 Å². The summed E-state index contributed by atoms with van der Waals surface area (Å²) >= 11 is 0. The van der Waals surface area contributed by atoms with Gasteiger partial charge in [-0.15, -0.1) is 0 Å². The Bertz CT molecular complexity index is 778. The molecule has 0 unspecified atom stereocenters. The maximum absolute atomic E-state index is 11.7. The van der Waals surface area contributed by atoms with Crippen LogP contribution in [0.1, 0.15) is 21.5 Å². The maximum Gasteiger partial charge on any atom is 0.274 e. The van der Waals surface area contributed by atoms with Crippen molar-refractivity contribution in [1.29, 1.82) is 0 Å². The average molecular weight is 372 g/mol. The van der Waals surface area contributed by atoms with E-state index in [0.717, 1.165) is 23.4 Å². The fraction of sp³-hybridized carbons (Fsp3) is 0.350. The van der Waals surface area contributed by atoms with Gasteiger partial charge in [-0.3, -0.25) is 14.9 Å². The lowest BCUT2D eigenvalue weighted by atomic mass is 10.1. The number of hydrogen-bond donors (Lipinski definition) is 2. The van der Waals surface area contributed by atoms with Gasteiger partial charge >= 0.3 is 0 Å². The van der Waals surface area contributed by atoms with Gasteiger partial charge in [-0.05, 0) is 29.8 Å². The number of hydroxylamine groups is 1. The van der Waals surface area contributed by atoms with Gasteiger partial charge in [-0.25, -0.2) is 5.48 Å². The van der Waals surface area contributed by atoms with Gasteiger partial charge < -0.3 is 14.2 Å². The summed E-state index contributed by atoms with van der Waals surface area (Å²) in [7, 11) is 3.32. The van der Waals surface area contributed by atoms with Gasteiger partial charge in [0.25, 0.3) is 5.91 Å². The molecule has 0 fully saturated rings. The number of carbonyl (C=O) groups is 1. The second-order valence-corrected chi connectivity index (χ2v) is 6.44. The largest absolute Gasteiger partial charge is 0.497 e. The molecule has 1 aliphatic rings. The predicted octanol–water partition coefficient (Wildman–Crippen LogP) is 2.22. The molecule has 1 heterocycles. The van der Waals surface area contributed by atoms with E-state index in [-0.39, 0.29) is 6.04 Å². The number of rotatable bonds is 6. The van der Waals surface area contributed by atoms with Crippen LogP contribution in [-0.2, 0) is 17.8 Å². The Labute approximate surface area is 158 Å². The third kappa shape index (κ3) is 4.57. The first-order valence-corrected chi connectivity index (χ1v) is 8.70. The van der Waals surface area contributed by atoms with Crippen LogP contribution >= 0.6 is 0 Å². The zero-order chi connectivity index (χ0) is 19.2. The molecule has 0 aliphatic carbocycles. The van der Waals surface area contributed by atoms with E-state index in [1.165, 1.54) is 0 Å². The first-order chi connectivity index (χ1) is 13.1. The molecule has 2 aromatic carbocycles. The van der Waals surface area contributed by atoms with E-state index in [4.69, 9.17) is 19.4 Å². The minimum absolute atomic E-state index is 0.0691. The average Bonchev–Trinajstić information content (AvgIpc) is 2.87. The van der Waals surface area contributed by atoms with Gasteiger partial charge in [0.2, 0.25) is 0 Å². The Kier molecular flexibility index (Phi) is 6.28. The second kappa shape index (κ2) is 8.85. The highest BCUT2D eigenvalue weighted by Gasteiger charge is 2.25. The fourth-order valence-corrected chi connectivity index (χ4v) is 3.16. The summed E-state index contributed by atoms with van der Waals surface area (Å²) in [6.45, 7) is 2.38. The van der Waals surface area contributed by atoms with E-state index in [2.05, 4.69) is 4.90 Å². The summed E-state index contributed by atoms with van der Waals surface area (Å²) < 4.78 is 16.6. The smallest absolute Gasteiger partial charge is 0.274 e. The molecule has 1 atom stereocenters. The molecule has 0 radical (unpaired) electrons. The Hall–Kier alpha value is -2.61. The van der Waals surface area contributed by atoms with E-state index in [1.807, 2.05) is 30.3 Å². The zero-order valence-electron chi connectivity index (χ0n) is 15.5. The van der Waals surface area contributed by atoms with E-state index in [9.17, 15) is 4.79 Å². The molecule has 27 heavy (non-hydrogen) atoms. The number of methoxy groups -OCH3 is 2. The van der Waals surface area contributed by atoms with E-state index in [0.29, 0.717) is 31.1 Å². The minimum Gasteiger partial charge on any atom is -0.497 e. The molecule has 0 saturated carbocycles. The first-order valence-electron chi connectivity index (χ1n) is 8.70. The van der Waals surface area contributed by atoms with Crippen LogP contribution in [0.25, 0.3) is 0 Å². The minimum atomic E-state index is -0.561. The highest BCUT2D eigenvalue weighted by molar-refractivity contribution is 5.93. The maximum atomic E-state index is 11.7. The molecule has 1 aliphatic heterocycles. The van der Waals surface area contributed by atoms with Crippen molar-refractivity contribution in [2.75, 3.05) is 27.4 Å². The van der Waals surface area contributed by atoms with Crippen molar-refractivity contribution in [2.45, 2.75) is 19.1 Å². The third-order valence-corrected chi connectivity index (χ3v) is 4.66. The zero-order valence-corrected chi connectivity index (χ0v) is 15.5. The number of carbonyl (C=O) groups excluding carboxylic acids is 1. The molecule has 2 N–H and O–H groups in total. The number of amides is 1. The van der Waals surface area contributed by atoms with Crippen molar-refractivity contribution in [2.24, 2.45) is 0 Å². The Morgan fingerprint density at radius 2 is 2.04 bits per heavy atom. The highest BCUT2D eigenvalue weighted by atomic mass is 16.5. The molecule has 0 bridgehead atoms. The lowest BCUT2D eigenvalue weighted by Crippen LogP contribution is -2.40. The number of fused-ring (bicyclic) bond motifs is 1. The monoisotopic (exact) mass is 372 g/mol. The van der Waals surface area contributed by atoms with Gasteiger partial charge in [0.15, 0.2) is 0 Å². The summed E-state index contributed by atoms with van der Waals surface area (Å²) in [6.07, 6.45) is 0. The summed E-state index contributed by atoms with van der Waals surface area (Å²) in [5.41, 5.74) is 4.15. The van der Waals surface area contributed by atoms with Crippen LogP contribution in [0, 0.1) is 0 Å². The first kappa shape index (κ1) is 19.2. The lowest BCUT2D eigenvalue weighted by Gasteiger charge is -2.28. The van der Waals surface area contributed by atoms with Crippen LogP contribution in [0.2, 0.25) is 0 Å². The van der Waals surface area contributed by atoms with Crippen molar-refractivity contribution in [1.82, 2.24) is 10.4 Å². The SMILES string of the molecule is COC[C@@H]1COc2cc(C(=O)NO)ccc2CN1Cc1ccc(OC)cc1. The number of nitrogens with zero attached hydrogens (tertiary/aromatic N) is 1. The Morgan fingerprint density at radius 3 is 2.70 bits per heavy atom. The number of benzene rings is 2. The normalized spacial score (nSPS) is 16.8. The standard InChI is InChI=1S/C20H24N2O5/c1-25-12-17-13-27-19-9-15(20(23)21-24)5-6-16(19)11-22(17)10-14-3-7-18(26-2)8-4-14/h3-9,17,24H,10-13H2,1-2H3,(H,21,23)/t17-/m1/s1. The molecule has 0 saturated heterocycles. The van der Waals surface area contributed by atoms with Crippen LogP contribution in [0.4, 0.5) is 0 Å². The van der Waals surface area contributed by atoms with Gasteiger partial charge in [-0.1, -0.05) is 18.2 Å². The summed E-state index contributed by atoms with van der Waals surface area (Å²) in [5, 5.41) is 8.83. The van der Waals surface area contributed by atoms with Gasteiger partial charge in [0, 0.05) is 31.3 Å². The topological polar surface area (TPSA) is 80.3 Å². The third-order valence-electron chi connectivity index (χ3n) is 4.66. The van der Waals surface area contributed by atoms with Crippen molar-refractivity contribution in [3.8, 4) is 11.5 Å². The molecule has 144 valence electrons. The number of hydrogen-bond acceptors (Lipinski definition) is 6.